The molecule has 4 heterocycles. The molecule has 2 aliphatic rings. The number of hydrogen-bond donors (Lipinski definition) is 0. The van der Waals surface area contributed by atoms with Crippen LogP contribution in [-0.2, 0) is 18.4 Å². The highest BCUT2D eigenvalue weighted by Gasteiger charge is 2.49. The van der Waals surface area contributed by atoms with Crippen LogP contribution in [0.3, 0.4) is 0 Å². The minimum absolute atomic E-state index is 0.226. The highest BCUT2D eigenvalue weighted by molar-refractivity contribution is 6.00. The average molecular weight is 325 g/mol. The fraction of sp³-hybridized carbons (Fsp3) is 0.500. The second-order valence-electron chi connectivity index (χ2n) is 7.03. The number of rotatable bonds is 3. The van der Waals surface area contributed by atoms with Gasteiger partial charge in [0, 0.05) is 45.3 Å². The molecule has 2 aliphatic heterocycles. The van der Waals surface area contributed by atoms with Crippen molar-refractivity contribution in [2.24, 2.45) is 12.5 Å². The number of anilines is 1. The van der Waals surface area contributed by atoms with Gasteiger partial charge in [-0.2, -0.15) is 5.10 Å². The zero-order valence-corrected chi connectivity index (χ0v) is 14.1. The number of carbonyl (C=O) groups excluding carboxylic acids is 1. The van der Waals surface area contributed by atoms with Gasteiger partial charge in [-0.1, -0.05) is 6.07 Å². The molecule has 4 rings (SSSR count). The van der Waals surface area contributed by atoms with Crippen molar-refractivity contribution in [2.75, 3.05) is 24.5 Å². The van der Waals surface area contributed by atoms with Crippen LogP contribution >= 0.6 is 0 Å². The first-order chi connectivity index (χ1) is 11.7. The molecule has 0 aliphatic carbocycles. The first-order valence-electron chi connectivity index (χ1n) is 8.58. The van der Waals surface area contributed by atoms with E-state index in [1.165, 1.54) is 5.56 Å². The Morgan fingerprint density at radius 1 is 1.25 bits per heavy atom. The van der Waals surface area contributed by atoms with Crippen LogP contribution in [0.1, 0.15) is 24.8 Å². The predicted octanol–water partition coefficient (Wildman–Crippen LogP) is 1.83. The van der Waals surface area contributed by atoms with Crippen LogP contribution in [0.5, 0.6) is 0 Å². The van der Waals surface area contributed by atoms with Gasteiger partial charge in [0.2, 0.25) is 5.91 Å². The van der Waals surface area contributed by atoms with Gasteiger partial charge in [0.25, 0.3) is 0 Å². The smallest absolute Gasteiger partial charge is 0.234 e. The molecule has 2 aromatic rings. The minimum Gasteiger partial charge on any atom is -0.309 e. The van der Waals surface area contributed by atoms with Crippen LogP contribution in [0, 0.1) is 5.41 Å². The van der Waals surface area contributed by atoms with E-state index >= 15 is 0 Å². The number of likely N-dealkylation sites (tertiary alicyclic amines) is 1. The van der Waals surface area contributed by atoms with E-state index in [2.05, 4.69) is 21.0 Å². The largest absolute Gasteiger partial charge is 0.309 e. The first kappa shape index (κ1) is 15.3. The van der Waals surface area contributed by atoms with Crippen LogP contribution in [0.4, 0.5) is 5.69 Å². The molecule has 1 atom stereocenters. The lowest BCUT2D eigenvalue weighted by Crippen LogP contribution is -2.47. The van der Waals surface area contributed by atoms with E-state index in [1.807, 2.05) is 30.4 Å². The van der Waals surface area contributed by atoms with E-state index in [1.54, 1.807) is 17.1 Å². The Labute approximate surface area is 142 Å². The molecule has 2 aromatic heterocycles. The number of hydrogen-bond acceptors (Lipinski definition) is 4. The maximum atomic E-state index is 13.1. The fourth-order valence-corrected chi connectivity index (χ4v) is 4.11. The Kier molecular flexibility index (Phi) is 3.84. The zero-order chi connectivity index (χ0) is 16.6. The number of carbonyl (C=O) groups is 1. The van der Waals surface area contributed by atoms with Gasteiger partial charge in [0.1, 0.15) is 0 Å². The van der Waals surface area contributed by atoms with Crippen molar-refractivity contribution in [3.63, 3.8) is 0 Å². The molecular weight excluding hydrogens is 302 g/mol. The minimum atomic E-state index is -0.226. The van der Waals surface area contributed by atoms with Crippen LogP contribution < -0.4 is 4.90 Å². The molecule has 0 bridgehead atoms. The zero-order valence-electron chi connectivity index (χ0n) is 14.1. The average Bonchev–Trinajstić information content (AvgIpc) is 3.14. The van der Waals surface area contributed by atoms with Crippen LogP contribution in [0.25, 0.3) is 0 Å². The number of nitrogens with zero attached hydrogens (tertiary/aromatic N) is 5. The Morgan fingerprint density at radius 2 is 2.17 bits per heavy atom. The van der Waals surface area contributed by atoms with Crippen molar-refractivity contribution in [3.8, 4) is 0 Å². The summed E-state index contributed by atoms with van der Waals surface area (Å²) in [6.45, 7) is 3.56. The van der Waals surface area contributed by atoms with Crippen molar-refractivity contribution in [1.82, 2.24) is 19.7 Å². The molecule has 2 saturated heterocycles. The summed E-state index contributed by atoms with van der Waals surface area (Å²) in [6, 6.07) is 4.08. The van der Waals surface area contributed by atoms with Gasteiger partial charge in [-0.05, 0) is 37.4 Å². The standard InChI is InChI=1S/C18H23N5O/c1-21-13-16(11-20-21)23-9-6-18(17(23)24)5-3-8-22(14-18)12-15-4-2-7-19-10-15/h2,4,7,10-11,13H,3,5-6,8-9,12,14H2,1H3/t18-/m0/s1. The maximum absolute atomic E-state index is 13.1. The van der Waals surface area contributed by atoms with Crippen LogP contribution in [0.15, 0.2) is 36.9 Å². The molecule has 1 spiro atoms. The Morgan fingerprint density at radius 3 is 2.92 bits per heavy atom. The lowest BCUT2D eigenvalue weighted by atomic mass is 9.78. The lowest BCUT2D eigenvalue weighted by Gasteiger charge is -2.39. The van der Waals surface area contributed by atoms with Gasteiger partial charge in [0.05, 0.1) is 17.3 Å². The summed E-state index contributed by atoms with van der Waals surface area (Å²) in [5, 5.41) is 4.21. The van der Waals surface area contributed by atoms with E-state index in [4.69, 9.17) is 0 Å². The molecule has 6 heteroatoms. The van der Waals surface area contributed by atoms with Crippen molar-refractivity contribution in [3.05, 3.63) is 42.5 Å². The molecule has 24 heavy (non-hydrogen) atoms. The third-order valence-electron chi connectivity index (χ3n) is 5.30. The van der Waals surface area contributed by atoms with Crippen molar-refractivity contribution >= 4 is 11.6 Å². The Balaban J connectivity index is 1.49. The Hall–Kier alpha value is -2.21. The number of aryl methyl sites for hydroxylation is 1. The summed E-state index contributed by atoms with van der Waals surface area (Å²) < 4.78 is 1.75. The molecule has 1 amide bonds. The molecule has 126 valence electrons. The normalized spacial score (nSPS) is 24.9. The van der Waals surface area contributed by atoms with Crippen LogP contribution in [-0.4, -0.2) is 45.2 Å². The highest BCUT2D eigenvalue weighted by atomic mass is 16.2. The van der Waals surface area contributed by atoms with E-state index in [-0.39, 0.29) is 11.3 Å². The van der Waals surface area contributed by atoms with E-state index in [0.29, 0.717) is 0 Å². The number of amides is 1. The highest BCUT2D eigenvalue weighted by Crippen LogP contribution is 2.42. The van der Waals surface area contributed by atoms with Gasteiger partial charge < -0.3 is 4.90 Å². The lowest BCUT2D eigenvalue weighted by molar-refractivity contribution is -0.128. The molecular formula is C18H23N5O. The molecule has 6 nitrogen and oxygen atoms in total. The predicted molar refractivity (Wildman–Crippen MR) is 91.4 cm³/mol. The van der Waals surface area contributed by atoms with Gasteiger partial charge in [0.15, 0.2) is 0 Å². The van der Waals surface area contributed by atoms with Crippen LogP contribution in [0.2, 0.25) is 0 Å². The molecule has 0 N–H and O–H groups in total. The van der Waals surface area contributed by atoms with Crippen molar-refractivity contribution in [1.29, 1.82) is 0 Å². The molecule has 0 saturated carbocycles. The topological polar surface area (TPSA) is 54.3 Å². The second kappa shape index (κ2) is 6.02. The summed E-state index contributed by atoms with van der Waals surface area (Å²) in [4.78, 5) is 21.7. The Bertz CT molecular complexity index is 728. The van der Waals surface area contributed by atoms with Gasteiger partial charge >= 0.3 is 0 Å². The number of pyridine rings is 1. The number of piperidine rings is 1. The summed E-state index contributed by atoms with van der Waals surface area (Å²) in [5.41, 5.74) is 1.91. The molecule has 2 fully saturated rings. The van der Waals surface area contributed by atoms with E-state index < -0.39 is 0 Å². The van der Waals surface area contributed by atoms with Gasteiger partial charge in [-0.3, -0.25) is 19.4 Å². The van der Waals surface area contributed by atoms with E-state index in [9.17, 15) is 4.79 Å². The summed E-state index contributed by atoms with van der Waals surface area (Å²) in [5.74, 6) is 0.270. The molecule has 0 unspecified atom stereocenters. The monoisotopic (exact) mass is 325 g/mol. The van der Waals surface area contributed by atoms with E-state index in [0.717, 1.165) is 51.1 Å². The second-order valence-corrected chi connectivity index (χ2v) is 7.03. The van der Waals surface area contributed by atoms with Crippen molar-refractivity contribution < 1.29 is 4.79 Å². The molecule has 0 radical (unpaired) electrons. The quantitative estimate of drug-likeness (QED) is 0.864. The number of aromatic nitrogens is 3. The SMILES string of the molecule is Cn1cc(N2CC[C@]3(CCCN(Cc4cccnc4)C3)C2=O)cn1. The third kappa shape index (κ3) is 2.71. The summed E-state index contributed by atoms with van der Waals surface area (Å²) >= 11 is 0. The summed E-state index contributed by atoms with van der Waals surface area (Å²) in [6.07, 6.45) is 10.4. The van der Waals surface area contributed by atoms with Gasteiger partial charge in [-0.15, -0.1) is 0 Å². The third-order valence-corrected chi connectivity index (χ3v) is 5.30. The maximum Gasteiger partial charge on any atom is 0.234 e. The van der Waals surface area contributed by atoms with Crippen molar-refractivity contribution in [2.45, 2.75) is 25.8 Å². The molecule has 0 aromatic carbocycles. The summed E-state index contributed by atoms with van der Waals surface area (Å²) in [7, 11) is 1.88. The fourth-order valence-electron chi connectivity index (χ4n) is 4.11. The first-order valence-corrected chi connectivity index (χ1v) is 8.58. The van der Waals surface area contributed by atoms with Gasteiger partial charge in [-0.25, -0.2) is 0 Å².